The molecule has 1 N–H and O–H groups in total. The van der Waals surface area contributed by atoms with Gasteiger partial charge >= 0.3 is 0 Å². The number of benzene rings is 2. The van der Waals surface area contributed by atoms with Gasteiger partial charge in [-0.3, -0.25) is 0 Å². The maximum absolute atomic E-state index is 13.1. The van der Waals surface area contributed by atoms with Crippen LogP contribution in [0.25, 0.3) is 0 Å². The Morgan fingerprint density at radius 2 is 1.84 bits per heavy atom. The van der Waals surface area contributed by atoms with Gasteiger partial charge in [0.2, 0.25) is 0 Å². The number of hydrogen-bond acceptors (Lipinski definition) is 1. The zero-order valence-corrected chi connectivity index (χ0v) is 11.3. The van der Waals surface area contributed by atoms with Gasteiger partial charge in [0, 0.05) is 12.6 Å². The third kappa shape index (κ3) is 4.18. The molecule has 0 aliphatic rings. The summed E-state index contributed by atoms with van der Waals surface area (Å²) in [5, 5.41) is 3.51. The largest absolute Gasteiger partial charge is 0.306 e. The fourth-order valence-electron chi connectivity index (χ4n) is 2.25. The monoisotopic (exact) mass is 257 g/mol. The Morgan fingerprint density at radius 3 is 2.53 bits per heavy atom. The second-order valence-corrected chi connectivity index (χ2v) is 4.76. The van der Waals surface area contributed by atoms with Crippen molar-refractivity contribution in [1.29, 1.82) is 0 Å². The molecule has 0 fully saturated rings. The average Bonchev–Trinajstić information content (AvgIpc) is 2.44. The molecule has 2 aromatic rings. The normalized spacial score (nSPS) is 12.3. The zero-order valence-electron chi connectivity index (χ0n) is 11.3. The van der Waals surface area contributed by atoms with E-state index in [2.05, 4.69) is 36.5 Å². The summed E-state index contributed by atoms with van der Waals surface area (Å²) >= 11 is 0. The lowest BCUT2D eigenvalue weighted by Crippen LogP contribution is -2.20. The van der Waals surface area contributed by atoms with E-state index in [-0.39, 0.29) is 5.82 Å². The first-order valence-electron chi connectivity index (χ1n) is 6.82. The number of halogens is 1. The van der Waals surface area contributed by atoms with Crippen LogP contribution in [0.4, 0.5) is 4.39 Å². The molecule has 2 aromatic carbocycles. The lowest BCUT2D eigenvalue weighted by molar-refractivity contribution is 0.492. The molecular formula is C17H20FN. The van der Waals surface area contributed by atoms with Gasteiger partial charge in [0.15, 0.2) is 0 Å². The molecule has 100 valence electrons. The van der Waals surface area contributed by atoms with Crippen molar-refractivity contribution < 1.29 is 4.39 Å². The summed E-state index contributed by atoms with van der Waals surface area (Å²) < 4.78 is 13.1. The fraction of sp³-hybridized carbons (Fsp3) is 0.294. The van der Waals surface area contributed by atoms with Crippen LogP contribution < -0.4 is 5.32 Å². The lowest BCUT2D eigenvalue weighted by atomic mass is 10.0. The van der Waals surface area contributed by atoms with Crippen molar-refractivity contribution in [1.82, 2.24) is 5.32 Å². The Hall–Kier alpha value is -1.67. The first-order valence-corrected chi connectivity index (χ1v) is 6.82. The predicted molar refractivity (Wildman–Crippen MR) is 77.3 cm³/mol. The molecule has 19 heavy (non-hydrogen) atoms. The van der Waals surface area contributed by atoms with Gasteiger partial charge in [-0.2, -0.15) is 0 Å². The highest BCUT2D eigenvalue weighted by molar-refractivity contribution is 5.20. The number of nitrogens with one attached hydrogen (secondary N) is 1. The van der Waals surface area contributed by atoms with E-state index >= 15 is 0 Å². The van der Waals surface area contributed by atoms with E-state index < -0.39 is 0 Å². The third-order valence-electron chi connectivity index (χ3n) is 3.22. The van der Waals surface area contributed by atoms with Gasteiger partial charge in [-0.25, -0.2) is 4.39 Å². The molecule has 0 spiro atoms. The molecule has 0 aliphatic heterocycles. The van der Waals surface area contributed by atoms with Crippen LogP contribution in [0, 0.1) is 5.82 Å². The zero-order chi connectivity index (χ0) is 13.5. The van der Waals surface area contributed by atoms with E-state index in [1.165, 1.54) is 11.6 Å². The number of hydrogen-bond donors (Lipinski definition) is 1. The van der Waals surface area contributed by atoms with Crippen LogP contribution in [0.2, 0.25) is 0 Å². The Morgan fingerprint density at radius 1 is 1.05 bits per heavy atom. The Kier molecular flexibility index (Phi) is 5.10. The second kappa shape index (κ2) is 7.05. The third-order valence-corrected chi connectivity index (χ3v) is 3.22. The van der Waals surface area contributed by atoms with Crippen molar-refractivity contribution in [3.63, 3.8) is 0 Å². The van der Waals surface area contributed by atoms with Gasteiger partial charge in [0.05, 0.1) is 0 Å². The quantitative estimate of drug-likeness (QED) is 0.805. The van der Waals surface area contributed by atoms with Gasteiger partial charge in [-0.1, -0.05) is 55.8 Å². The second-order valence-electron chi connectivity index (χ2n) is 4.76. The summed E-state index contributed by atoms with van der Waals surface area (Å²) in [4.78, 5) is 0. The molecule has 2 rings (SSSR count). The molecule has 0 radical (unpaired) electrons. The van der Waals surface area contributed by atoms with E-state index in [1.807, 2.05) is 12.1 Å². The van der Waals surface area contributed by atoms with Crippen LogP contribution in [-0.4, -0.2) is 0 Å². The average molecular weight is 257 g/mol. The van der Waals surface area contributed by atoms with Crippen molar-refractivity contribution in [3.8, 4) is 0 Å². The maximum atomic E-state index is 13.1. The lowest BCUT2D eigenvalue weighted by Gasteiger charge is -2.18. The van der Waals surface area contributed by atoms with Crippen molar-refractivity contribution >= 4 is 0 Å². The van der Waals surface area contributed by atoms with E-state index in [0.717, 1.165) is 18.4 Å². The first kappa shape index (κ1) is 13.8. The molecular weight excluding hydrogens is 237 g/mol. The highest BCUT2D eigenvalue weighted by Crippen LogP contribution is 2.18. The molecule has 1 unspecified atom stereocenters. The minimum Gasteiger partial charge on any atom is -0.306 e. The van der Waals surface area contributed by atoms with Crippen LogP contribution in [0.1, 0.15) is 36.9 Å². The SMILES string of the molecule is CCCC(NCc1cccc(F)c1)c1ccccc1. The van der Waals surface area contributed by atoms with Crippen LogP contribution in [0.5, 0.6) is 0 Å². The molecule has 0 saturated heterocycles. The van der Waals surface area contributed by atoms with Gasteiger partial charge in [-0.15, -0.1) is 0 Å². The predicted octanol–water partition coefficient (Wildman–Crippen LogP) is 4.46. The highest BCUT2D eigenvalue weighted by Gasteiger charge is 2.09. The molecule has 1 nitrogen and oxygen atoms in total. The fourth-order valence-corrected chi connectivity index (χ4v) is 2.25. The van der Waals surface area contributed by atoms with Gasteiger partial charge in [-0.05, 0) is 29.7 Å². The molecule has 0 saturated carbocycles. The Labute approximate surface area is 114 Å². The van der Waals surface area contributed by atoms with Crippen molar-refractivity contribution in [2.75, 3.05) is 0 Å². The van der Waals surface area contributed by atoms with E-state index in [0.29, 0.717) is 12.6 Å². The van der Waals surface area contributed by atoms with Crippen LogP contribution in [-0.2, 0) is 6.54 Å². The number of rotatable bonds is 6. The highest BCUT2D eigenvalue weighted by atomic mass is 19.1. The maximum Gasteiger partial charge on any atom is 0.123 e. The van der Waals surface area contributed by atoms with Gasteiger partial charge in [0.25, 0.3) is 0 Å². The summed E-state index contributed by atoms with van der Waals surface area (Å²) in [6.07, 6.45) is 2.20. The Bertz CT molecular complexity index is 496. The minimum absolute atomic E-state index is 0.175. The molecule has 0 amide bonds. The molecule has 0 aliphatic carbocycles. The van der Waals surface area contributed by atoms with Crippen LogP contribution in [0.15, 0.2) is 54.6 Å². The topological polar surface area (TPSA) is 12.0 Å². The summed E-state index contributed by atoms with van der Waals surface area (Å²) in [5.74, 6) is -0.175. The molecule has 0 bridgehead atoms. The minimum atomic E-state index is -0.175. The Balaban J connectivity index is 2.01. The summed E-state index contributed by atoms with van der Waals surface area (Å²) in [6, 6.07) is 17.5. The standard InChI is InChI=1S/C17H20FN/c1-2-7-17(15-9-4-3-5-10-15)19-13-14-8-6-11-16(18)12-14/h3-6,8-12,17,19H,2,7,13H2,1H3. The summed E-state index contributed by atoms with van der Waals surface area (Å²) in [5.41, 5.74) is 2.28. The van der Waals surface area contributed by atoms with Crippen molar-refractivity contribution in [2.24, 2.45) is 0 Å². The van der Waals surface area contributed by atoms with E-state index in [4.69, 9.17) is 0 Å². The molecule has 0 heterocycles. The van der Waals surface area contributed by atoms with E-state index in [9.17, 15) is 4.39 Å². The first-order chi connectivity index (χ1) is 9.29. The van der Waals surface area contributed by atoms with Crippen LogP contribution in [0.3, 0.4) is 0 Å². The summed E-state index contributed by atoms with van der Waals surface area (Å²) in [6.45, 7) is 2.87. The van der Waals surface area contributed by atoms with Crippen molar-refractivity contribution in [3.05, 3.63) is 71.5 Å². The van der Waals surface area contributed by atoms with Gasteiger partial charge in [0.1, 0.15) is 5.82 Å². The van der Waals surface area contributed by atoms with Gasteiger partial charge < -0.3 is 5.32 Å². The summed E-state index contributed by atoms with van der Waals surface area (Å²) in [7, 11) is 0. The molecule has 1 atom stereocenters. The van der Waals surface area contributed by atoms with Crippen LogP contribution >= 0.6 is 0 Å². The molecule has 2 heteroatoms. The molecule has 0 aromatic heterocycles. The smallest absolute Gasteiger partial charge is 0.123 e. The van der Waals surface area contributed by atoms with E-state index in [1.54, 1.807) is 12.1 Å². The van der Waals surface area contributed by atoms with Crippen molar-refractivity contribution in [2.45, 2.75) is 32.4 Å².